The van der Waals surface area contributed by atoms with E-state index < -0.39 is 0 Å². The molecule has 0 fully saturated rings. The third-order valence-corrected chi connectivity index (χ3v) is 8.44. The number of anilines is 1. The van der Waals surface area contributed by atoms with Crippen LogP contribution in [0.1, 0.15) is 70.2 Å². The summed E-state index contributed by atoms with van der Waals surface area (Å²) in [4.78, 5) is 39.9. The number of aromatic nitrogens is 3. The molecule has 8 nitrogen and oxygen atoms in total. The van der Waals surface area contributed by atoms with Crippen molar-refractivity contribution in [1.82, 2.24) is 20.3 Å². The summed E-state index contributed by atoms with van der Waals surface area (Å²) in [5, 5.41) is 9.87. The molecule has 49 heavy (non-hydrogen) atoms. The van der Waals surface area contributed by atoms with E-state index in [-0.39, 0.29) is 11.8 Å². The van der Waals surface area contributed by atoms with Gasteiger partial charge < -0.3 is 15.1 Å². The maximum Gasteiger partial charge on any atom is 0.252 e. The normalized spacial score (nSPS) is 11.1. The molecule has 0 unspecified atom stereocenters. The Balaban J connectivity index is 0.00000130. The molecule has 2 amide bonds. The molecule has 0 atom stereocenters. The van der Waals surface area contributed by atoms with Crippen LogP contribution < -0.4 is 10.6 Å². The minimum Gasteiger partial charge on any atom is -0.352 e. The highest BCUT2D eigenvalue weighted by atomic mass is 16.2. The van der Waals surface area contributed by atoms with Crippen LogP contribution in [0.5, 0.6) is 0 Å². The quantitative estimate of drug-likeness (QED) is 0.0592. The molecule has 0 saturated heterocycles. The van der Waals surface area contributed by atoms with E-state index in [4.69, 9.17) is 4.98 Å². The molecular formula is C41H51N6O2+. The standard InChI is InChI=1S/C37H38N6O2.2C2H6/c1-43(2,24-12-22-40-37(45)34-27-14-5-7-17-30(27)41-31-18-8-6-15-28(31)34)23-9-3-4-19-33(44)42-32-25-26-13-10-20-38-35(26)36-29(32)16-11-21-39-36;2*1-2/h5-8,10-11,13-18,20-21,25H,3-4,9,12,19,22-24H2,1-2H3,(H-,39,40,42,44,45);2*1-2H3/p+1. The molecule has 0 spiro atoms. The number of hydrogen-bond acceptors (Lipinski definition) is 5. The van der Waals surface area contributed by atoms with Crippen LogP contribution in [0.4, 0.5) is 5.69 Å². The Bertz CT molecular complexity index is 1950. The molecule has 256 valence electrons. The second kappa shape index (κ2) is 18.0. The van der Waals surface area contributed by atoms with Gasteiger partial charge in [0.05, 0.1) is 60.5 Å². The molecule has 3 aromatic heterocycles. The van der Waals surface area contributed by atoms with Gasteiger partial charge in [0.15, 0.2) is 0 Å². The monoisotopic (exact) mass is 659 g/mol. The first-order chi connectivity index (χ1) is 23.9. The van der Waals surface area contributed by atoms with Crippen LogP contribution in [0.3, 0.4) is 0 Å². The maximum atomic E-state index is 13.4. The summed E-state index contributed by atoms with van der Waals surface area (Å²) in [5.74, 6) is -0.0411. The first kappa shape index (κ1) is 36.9. The van der Waals surface area contributed by atoms with E-state index in [0.29, 0.717) is 18.5 Å². The lowest BCUT2D eigenvalue weighted by atomic mass is 10.0. The summed E-state index contributed by atoms with van der Waals surface area (Å²) in [6, 6.07) is 25.3. The fourth-order valence-electron chi connectivity index (χ4n) is 6.09. The van der Waals surface area contributed by atoms with Crippen molar-refractivity contribution in [3.8, 4) is 0 Å². The van der Waals surface area contributed by atoms with Crippen molar-refractivity contribution in [3.63, 3.8) is 0 Å². The zero-order chi connectivity index (χ0) is 35.2. The highest BCUT2D eigenvalue weighted by Gasteiger charge is 2.18. The summed E-state index contributed by atoms with van der Waals surface area (Å²) in [5.41, 5.74) is 4.76. The van der Waals surface area contributed by atoms with E-state index in [1.807, 2.05) is 107 Å². The number of carbonyl (C=O) groups is 2. The largest absolute Gasteiger partial charge is 0.352 e. The van der Waals surface area contributed by atoms with Gasteiger partial charge in [-0.25, -0.2) is 4.98 Å². The number of quaternary nitrogens is 1. The Kier molecular flexibility index (Phi) is 13.5. The molecular weight excluding hydrogens is 608 g/mol. The summed E-state index contributed by atoms with van der Waals surface area (Å²) in [6.45, 7) is 10.6. The zero-order valence-corrected chi connectivity index (χ0v) is 29.9. The number of unbranched alkanes of at least 4 members (excludes halogenated alkanes) is 2. The summed E-state index contributed by atoms with van der Waals surface area (Å²) in [7, 11) is 4.46. The molecule has 0 aliphatic rings. The minimum atomic E-state index is -0.0574. The van der Waals surface area contributed by atoms with Crippen LogP contribution in [-0.4, -0.2) is 65.0 Å². The number of amides is 2. The number of hydrogen-bond donors (Lipinski definition) is 2. The first-order valence-corrected chi connectivity index (χ1v) is 17.7. The third-order valence-electron chi connectivity index (χ3n) is 8.44. The fourth-order valence-corrected chi connectivity index (χ4v) is 6.09. The van der Waals surface area contributed by atoms with Gasteiger partial charge in [-0.1, -0.05) is 70.2 Å². The van der Waals surface area contributed by atoms with Gasteiger partial charge >= 0.3 is 0 Å². The second-order valence-corrected chi connectivity index (χ2v) is 12.3. The van der Waals surface area contributed by atoms with Crippen molar-refractivity contribution in [3.05, 3.63) is 96.8 Å². The molecule has 6 rings (SSSR count). The summed E-state index contributed by atoms with van der Waals surface area (Å²) in [6.07, 6.45) is 7.73. The van der Waals surface area contributed by atoms with Gasteiger partial charge in [0.25, 0.3) is 5.91 Å². The topological polar surface area (TPSA) is 96.9 Å². The average Bonchev–Trinajstić information content (AvgIpc) is 3.14. The van der Waals surface area contributed by atoms with E-state index in [1.54, 1.807) is 12.4 Å². The van der Waals surface area contributed by atoms with E-state index >= 15 is 0 Å². The number of nitrogens with zero attached hydrogens (tertiary/aromatic N) is 4. The van der Waals surface area contributed by atoms with Crippen LogP contribution in [-0.2, 0) is 4.79 Å². The fraction of sp³-hybridized carbons (Fsp3) is 0.341. The van der Waals surface area contributed by atoms with Crippen molar-refractivity contribution in [2.24, 2.45) is 0 Å². The van der Waals surface area contributed by atoms with Gasteiger partial charge in [0.2, 0.25) is 5.91 Å². The van der Waals surface area contributed by atoms with Crippen LogP contribution in [0.2, 0.25) is 0 Å². The predicted octanol–water partition coefficient (Wildman–Crippen LogP) is 8.93. The number of benzene rings is 3. The number of rotatable bonds is 12. The van der Waals surface area contributed by atoms with Crippen LogP contribution >= 0.6 is 0 Å². The molecule has 0 aliphatic heterocycles. The number of para-hydroxylation sites is 2. The lowest BCUT2D eigenvalue weighted by Crippen LogP contribution is -2.42. The van der Waals surface area contributed by atoms with Crippen molar-refractivity contribution < 1.29 is 14.1 Å². The van der Waals surface area contributed by atoms with Gasteiger partial charge in [-0.15, -0.1) is 0 Å². The Labute approximate surface area is 290 Å². The number of fused-ring (bicyclic) bond motifs is 5. The van der Waals surface area contributed by atoms with E-state index in [9.17, 15) is 9.59 Å². The van der Waals surface area contributed by atoms with Crippen molar-refractivity contribution in [2.45, 2.75) is 59.8 Å². The summed E-state index contributed by atoms with van der Waals surface area (Å²) >= 11 is 0. The molecule has 0 saturated carbocycles. The van der Waals surface area contributed by atoms with E-state index in [1.165, 1.54) is 0 Å². The minimum absolute atomic E-state index is 0.0163. The Morgan fingerprint density at radius 2 is 1.27 bits per heavy atom. The van der Waals surface area contributed by atoms with Crippen molar-refractivity contribution >= 4 is 61.1 Å². The Hall–Kier alpha value is -4.95. The molecule has 2 N–H and O–H groups in total. The average molecular weight is 660 g/mol. The summed E-state index contributed by atoms with van der Waals surface area (Å²) < 4.78 is 0.868. The predicted molar refractivity (Wildman–Crippen MR) is 205 cm³/mol. The van der Waals surface area contributed by atoms with Crippen LogP contribution in [0, 0.1) is 0 Å². The number of pyridine rings is 3. The SMILES string of the molecule is CC.CC.C[N+](C)(CCCCCC(=O)Nc1cc2cccnc2c2ncccc12)CCCNC(=O)c1c2ccccc2nc2ccccc12. The van der Waals surface area contributed by atoms with Crippen LogP contribution in [0.15, 0.2) is 91.3 Å². The number of carbonyl (C=O) groups excluding carboxylic acids is 2. The lowest BCUT2D eigenvalue weighted by Gasteiger charge is -2.30. The van der Waals surface area contributed by atoms with Gasteiger partial charge in [-0.3, -0.25) is 19.6 Å². The zero-order valence-electron chi connectivity index (χ0n) is 29.9. The molecule has 0 bridgehead atoms. The number of nitrogens with one attached hydrogen (secondary N) is 2. The van der Waals surface area contributed by atoms with Crippen LogP contribution in [0.25, 0.3) is 43.6 Å². The molecule has 0 radical (unpaired) electrons. The second-order valence-electron chi connectivity index (χ2n) is 12.3. The lowest BCUT2D eigenvalue weighted by molar-refractivity contribution is -0.890. The molecule has 3 aromatic carbocycles. The van der Waals surface area contributed by atoms with E-state index in [0.717, 1.165) is 92.6 Å². The Morgan fingerprint density at radius 1 is 0.673 bits per heavy atom. The maximum absolute atomic E-state index is 13.4. The highest BCUT2D eigenvalue weighted by Crippen LogP contribution is 2.29. The third kappa shape index (κ3) is 9.36. The smallest absolute Gasteiger partial charge is 0.252 e. The molecule has 0 aliphatic carbocycles. The Morgan fingerprint density at radius 3 is 1.96 bits per heavy atom. The van der Waals surface area contributed by atoms with Gasteiger partial charge in [0, 0.05) is 53.3 Å². The van der Waals surface area contributed by atoms with Gasteiger partial charge in [-0.2, -0.15) is 0 Å². The molecule has 3 heterocycles. The highest BCUT2D eigenvalue weighted by molar-refractivity contribution is 6.16. The molecule has 6 aromatic rings. The first-order valence-electron chi connectivity index (χ1n) is 17.7. The van der Waals surface area contributed by atoms with Crippen molar-refractivity contribution in [2.75, 3.05) is 39.0 Å². The van der Waals surface area contributed by atoms with Crippen molar-refractivity contribution in [1.29, 1.82) is 0 Å². The van der Waals surface area contributed by atoms with E-state index in [2.05, 4.69) is 34.7 Å². The molecule has 8 heteroatoms. The van der Waals surface area contributed by atoms with Gasteiger partial charge in [-0.05, 0) is 55.7 Å². The van der Waals surface area contributed by atoms with Gasteiger partial charge in [0.1, 0.15) is 0 Å².